The molecule has 0 atom stereocenters. The van der Waals surface area contributed by atoms with Gasteiger partial charge in [-0.3, -0.25) is 0 Å². The van der Waals surface area contributed by atoms with E-state index in [2.05, 4.69) is 4.90 Å². The second-order valence-electron chi connectivity index (χ2n) is 5.83. The Bertz CT molecular complexity index is 185. The molecule has 0 radical (unpaired) electrons. The van der Waals surface area contributed by atoms with Crippen molar-refractivity contribution < 1.29 is 14.9 Å². The maximum atomic E-state index is 9.17. The van der Waals surface area contributed by atoms with E-state index in [1.165, 1.54) is 0 Å². The molecule has 0 amide bonds. The smallest absolute Gasteiger partial charge is 0.0600 e. The Labute approximate surface area is 99.2 Å². The summed E-state index contributed by atoms with van der Waals surface area (Å²) in [5, 5.41) is 18.3. The predicted molar refractivity (Wildman–Crippen MR) is 65.5 cm³/mol. The summed E-state index contributed by atoms with van der Waals surface area (Å²) in [6.45, 7) is 10.1. The standard InChI is InChI=1S/C12H27NO3/c1-11(2,3)16-7-6-13(5)8-12(4,9-14)10-15/h14-15H,6-10H2,1-5H3. The number of rotatable bonds is 7. The molecule has 0 fully saturated rings. The molecule has 0 heterocycles. The Kier molecular flexibility index (Phi) is 6.48. The fraction of sp³-hybridized carbons (Fsp3) is 1.00. The molecule has 0 spiro atoms. The lowest BCUT2D eigenvalue weighted by Crippen LogP contribution is -2.40. The number of hydrogen-bond donors (Lipinski definition) is 2. The van der Waals surface area contributed by atoms with Crippen LogP contribution in [0.4, 0.5) is 0 Å². The number of hydrogen-bond acceptors (Lipinski definition) is 4. The molecular formula is C12H27NO3. The second-order valence-corrected chi connectivity index (χ2v) is 5.83. The quantitative estimate of drug-likeness (QED) is 0.680. The number of ether oxygens (including phenoxy) is 1. The van der Waals surface area contributed by atoms with Crippen molar-refractivity contribution in [2.75, 3.05) is 40.0 Å². The molecule has 0 aromatic rings. The van der Waals surface area contributed by atoms with Gasteiger partial charge in [0.05, 0.1) is 25.4 Å². The fourth-order valence-corrected chi connectivity index (χ4v) is 1.39. The van der Waals surface area contributed by atoms with Crippen LogP contribution in [0.25, 0.3) is 0 Å². The van der Waals surface area contributed by atoms with Gasteiger partial charge in [0.1, 0.15) is 0 Å². The van der Waals surface area contributed by atoms with Gasteiger partial charge in [-0.25, -0.2) is 0 Å². The summed E-state index contributed by atoms with van der Waals surface area (Å²) in [6, 6.07) is 0. The summed E-state index contributed by atoms with van der Waals surface area (Å²) in [6.07, 6.45) is 0. The van der Waals surface area contributed by atoms with Gasteiger partial charge in [0.2, 0.25) is 0 Å². The summed E-state index contributed by atoms with van der Waals surface area (Å²) < 4.78 is 5.62. The van der Waals surface area contributed by atoms with E-state index >= 15 is 0 Å². The molecule has 0 aliphatic carbocycles. The largest absolute Gasteiger partial charge is 0.396 e. The van der Waals surface area contributed by atoms with Gasteiger partial charge in [0, 0.05) is 18.5 Å². The first-order valence-corrected chi connectivity index (χ1v) is 5.77. The van der Waals surface area contributed by atoms with Gasteiger partial charge in [0.15, 0.2) is 0 Å². The highest BCUT2D eigenvalue weighted by atomic mass is 16.5. The van der Waals surface area contributed by atoms with Crippen LogP contribution in [0.3, 0.4) is 0 Å². The molecule has 4 heteroatoms. The van der Waals surface area contributed by atoms with Crippen molar-refractivity contribution in [3.05, 3.63) is 0 Å². The van der Waals surface area contributed by atoms with Crippen LogP contribution in [0.15, 0.2) is 0 Å². The fourth-order valence-electron chi connectivity index (χ4n) is 1.39. The Morgan fingerprint density at radius 3 is 1.94 bits per heavy atom. The molecule has 0 bridgehead atoms. The predicted octanol–water partition coefficient (Wildman–Crippen LogP) is 0.724. The molecule has 0 aromatic heterocycles. The Hall–Kier alpha value is -0.160. The maximum Gasteiger partial charge on any atom is 0.0600 e. The number of aliphatic hydroxyl groups is 2. The van der Waals surface area contributed by atoms with Crippen molar-refractivity contribution >= 4 is 0 Å². The van der Waals surface area contributed by atoms with Crippen molar-refractivity contribution in [3.63, 3.8) is 0 Å². The van der Waals surface area contributed by atoms with Gasteiger partial charge in [0.25, 0.3) is 0 Å². The first-order chi connectivity index (χ1) is 7.22. The Morgan fingerprint density at radius 1 is 1.06 bits per heavy atom. The molecule has 0 aliphatic rings. The SMILES string of the molecule is CN(CCOC(C)(C)C)CC(C)(CO)CO. The molecule has 0 saturated carbocycles. The molecule has 0 rings (SSSR count). The monoisotopic (exact) mass is 233 g/mol. The summed E-state index contributed by atoms with van der Waals surface area (Å²) in [5.41, 5.74) is -0.547. The number of aliphatic hydroxyl groups excluding tert-OH is 2. The van der Waals surface area contributed by atoms with Crippen LogP contribution in [-0.4, -0.2) is 60.7 Å². The Balaban J connectivity index is 3.86. The first-order valence-electron chi connectivity index (χ1n) is 5.77. The minimum Gasteiger partial charge on any atom is -0.396 e. The van der Waals surface area contributed by atoms with E-state index in [-0.39, 0.29) is 18.8 Å². The van der Waals surface area contributed by atoms with Gasteiger partial charge < -0.3 is 19.8 Å². The van der Waals surface area contributed by atoms with Crippen molar-refractivity contribution in [1.82, 2.24) is 4.90 Å². The van der Waals surface area contributed by atoms with Crippen molar-refractivity contribution in [1.29, 1.82) is 0 Å². The van der Waals surface area contributed by atoms with Crippen LogP contribution in [-0.2, 0) is 4.74 Å². The lowest BCUT2D eigenvalue weighted by atomic mass is 9.92. The molecule has 0 unspecified atom stereocenters. The molecular weight excluding hydrogens is 206 g/mol. The van der Waals surface area contributed by atoms with E-state index in [0.717, 1.165) is 6.54 Å². The van der Waals surface area contributed by atoms with E-state index in [0.29, 0.717) is 13.2 Å². The summed E-state index contributed by atoms with van der Waals surface area (Å²) in [5.74, 6) is 0. The lowest BCUT2D eigenvalue weighted by Gasteiger charge is -2.31. The van der Waals surface area contributed by atoms with Gasteiger partial charge >= 0.3 is 0 Å². The summed E-state index contributed by atoms with van der Waals surface area (Å²) in [7, 11) is 1.97. The molecule has 16 heavy (non-hydrogen) atoms. The maximum absolute atomic E-state index is 9.17. The van der Waals surface area contributed by atoms with Crippen LogP contribution in [0, 0.1) is 5.41 Å². The third-order valence-corrected chi connectivity index (χ3v) is 2.42. The first kappa shape index (κ1) is 15.8. The average molecular weight is 233 g/mol. The van der Waals surface area contributed by atoms with Crippen LogP contribution in [0.2, 0.25) is 0 Å². The number of nitrogens with zero attached hydrogens (tertiary/aromatic N) is 1. The number of likely N-dealkylation sites (N-methyl/N-ethyl adjacent to an activating group) is 1. The van der Waals surface area contributed by atoms with Gasteiger partial charge in [-0.05, 0) is 27.8 Å². The molecule has 98 valence electrons. The summed E-state index contributed by atoms with van der Waals surface area (Å²) >= 11 is 0. The minimum atomic E-state index is -0.434. The zero-order valence-corrected chi connectivity index (χ0v) is 11.3. The Morgan fingerprint density at radius 2 is 1.56 bits per heavy atom. The molecule has 2 N–H and O–H groups in total. The third-order valence-electron chi connectivity index (χ3n) is 2.42. The van der Waals surface area contributed by atoms with Crippen LogP contribution in [0.5, 0.6) is 0 Å². The zero-order valence-electron chi connectivity index (χ0n) is 11.3. The van der Waals surface area contributed by atoms with Crippen molar-refractivity contribution in [2.45, 2.75) is 33.3 Å². The highest BCUT2D eigenvalue weighted by Gasteiger charge is 2.24. The van der Waals surface area contributed by atoms with Gasteiger partial charge in [-0.2, -0.15) is 0 Å². The molecule has 0 saturated heterocycles. The molecule has 0 aromatic carbocycles. The molecule has 0 aliphatic heterocycles. The highest BCUT2D eigenvalue weighted by molar-refractivity contribution is 4.75. The van der Waals surface area contributed by atoms with E-state index in [4.69, 9.17) is 4.74 Å². The van der Waals surface area contributed by atoms with Crippen LogP contribution in [0.1, 0.15) is 27.7 Å². The van der Waals surface area contributed by atoms with Gasteiger partial charge in [-0.1, -0.05) is 6.92 Å². The normalized spacial score (nSPS) is 13.5. The molecule has 4 nitrogen and oxygen atoms in total. The van der Waals surface area contributed by atoms with Crippen molar-refractivity contribution in [2.24, 2.45) is 5.41 Å². The van der Waals surface area contributed by atoms with Crippen molar-refractivity contribution in [3.8, 4) is 0 Å². The topological polar surface area (TPSA) is 52.9 Å². The van der Waals surface area contributed by atoms with E-state index in [9.17, 15) is 10.2 Å². The third kappa shape index (κ3) is 7.17. The van der Waals surface area contributed by atoms with Gasteiger partial charge in [-0.15, -0.1) is 0 Å². The summed E-state index contributed by atoms with van der Waals surface area (Å²) in [4.78, 5) is 2.07. The average Bonchev–Trinajstić information content (AvgIpc) is 2.15. The second kappa shape index (κ2) is 6.55. The zero-order chi connectivity index (χ0) is 12.8. The minimum absolute atomic E-state index is 0.00598. The van der Waals surface area contributed by atoms with E-state index < -0.39 is 5.41 Å². The van der Waals surface area contributed by atoms with E-state index in [1.54, 1.807) is 0 Å². The lowest BCUT2D eigenvalue weighted by molar-refractivity contribution is -0.0199. The van der Waals surface area contributed by atoms with Crippen LogP contribution < -0.4 is 0 Å². The van der Waals surface area contributed by atoms with E-state index in [1.807, 2.05) is 34.7 Å². The highest BCUT2D eigenvalue weighted by Crippen LogP contribution is 2.15. The van der Waals surface area contributed by atoms with Crippen LogP contribution >= 0.6 is 0 Å².